The molecular weight excluding hydrogens is 268 g/mol. The average Bonchev–Trinajstić information content (AvgIpc) is 2.34. The molecule has 0 bridgehead atoms. The highest BCUT2D eigenvalue weighted by molar-refractivity contribution is 7.86. The molecule has 104 valence electrons. The van der Waals surface area contributed by atoms with Gasteiger partial charge in [-0.2, -0.15) is 8.42 Å². The summed E-state index contributed by atoms with van der Waals surface area (Å²) in [7, 11) is -3.77. The van der Waals surface area contributed by atoms with E-state index in [1.807, 2.05) is 6.92 Å². The van der Waals surface area contributed by atoms with E-state index >= 15 is 0 Å². The zero-order valence-electron chi connectivity index (χ0n) is 10.8. The summed E-state index contributed by atoms with van der Waals surface area (Å²) in [4.78, 5) is 10.6. The molecule has 0 atom stereocenters. The Morgan fingerprint density at radius 3 is 2.42 bits per heavy atom. The fourth-order valence-electron chi connectivity index (χ4n) is 1.29. The van der Waals surface area contributed by atoms with Crippen molar-refractivity contribution in [1.82, 2.24) is 0 Å². The maximum absolute atomic E-state index is 11.8. The molecule has 19 heavy (non-hydrogen) atoms. The van der Waals surface area contributed by atoms with Crippen LogP contribution in [-0.2, 0) is 19.1 Å². The standard InChI is InChI=1S/C13H16O5S/c1-10-5-7-12(8-6-10)19(16,17)18-9-3-4-11(2)13(14)15/h4-8H,3,9H2,1-2H3,(H,14,15)/b11-4+. The first-order valence-corrected chi connectivity index (χ1v) is 7.10. The van der Waals surface area contributed by atoms with E-state index in [4.69, 9.17) is 9.29 Å². The Morgan fingerprint density at radius 1 is 1.32 bits per heavy atom. The molecule has 0 spiro atoms. The van der Waals surface area contributed by atoms with Gasteiger partial charge in [-0.1, -0.05) is 23.8 Å². The molecule has 0 saturated carbocycles. The van der Waals surface area contributed by atoms with E-state index in [9.17, 15) is 13.2 Å². The third-order valence-electron chi connectivity index (χ3n) is 2.45. The smallest absolute Gasteiger partial charge is 0.330 e. The van der Waals surface area contributed by atoms with E-state index in [1.54, 1.807) is 12.1 Å². The third-order valence-corrected chi connectivity index (χ3v) is 3.78. The summed E-state index contributed by atoms with van der Waals surface area (Å²) in [6.45, 7) is 3.22. The Hall–Kier alpha value is -1.66. The average molecular weight is 284 g/mol. The summed E-state index contributed by atoms with van der Waals surface area (Å²) >= 11 is 0. The van der Waals surface area contributed by atoms with Crippen LogP contribution in [0.4, 0.5) is 0 Å². The molecule has 0 aliphatic carbocycles. The molecule has 0 heterocycles. The van der Waals surface area contributed by atoms with Gasteiger partial charge in [0.05, 0.1) is 11.5 Å². The number of carboxylic acids is 1. The quantitative estimate of drug-likeness (QED) is 0.491. The predicted molar refractivity (Wildman–Crippen MR) is 70.3 cm³/mol. The van der Waals surface area contributed by atoms with Crippen LogP contribution in [0.15, 0.2) is 40.8 Å². The number of hydrogen-bond donors (Lipinski definition) is 1. The highest BCUT2D eigenvalue weighted by Crippen LogP contribution is 2.13. The van der Waals surface area contributed by atoms with Crippen LogP contribution < -0.4 is 0 Å². The molecule has 0 aromatic heterocycles. The summed E-state index contributed by atoms with van der Waals surface area (Å²) in [5, 5.41) is 8.62. The van der Waals surface area contributed by atoms with E-state index in [0.29, 0.717) is 0 Å². The van der Waals surface area contributed by atoms with Crippen LogP contribution in [0.2, 0.25) is 0 Å². The van der Waals surface area contributed by atoms with Crippen molar-refractivity contribution in [2.45, 2.75) is 25.2 Å². The van der Waals surface area contributed by atoms with Gasteiger partial charge >= 0.3 is 5.97 Å². The summed E-state index contributed by atoms with van der Waals surface area (Å²) in [5.74, 6) is -1.03. The van der Waals surface area contributed by atoms with E-state index in [-0.39, 0.29) is 23.5 Å². The van der Waals surface area contributed by atoms with Gasteiger partial charge in [-0.25, -0.2) is 4.79 Å². The van der Waals surface area contributed by atoms with Crippen molar-refractivity contribution in [3.8, 4) is 0 Å². The molecule has 0 unspecified atom stereocenters. The molecule has 0 amide bonds. The Balaban J connectivity index is 2.59. The van der Waals surface area contributed by atoms with Gasteiger partial charge in [0.1, 0.15) is 0 Å². The molecule has 1 N–H and O–H groups in total. The second-order valence-electron chi connectivity index (χ2n) is 4.07. The summed E-state index contributed by atoms with van der Waals surface area (Å²) < 4.78 is 28.3. The third kappa shape index (κ3) is 4.84. The van der Waals surface area contributed by atoms with Crippen LogP contribution in [0, 0.1) is 6.92 Å². The molecule has 1 aromatic rings. The molecule has 0 aliphatic rings. The van der Waals surface area contributed by atoms with E-state index < -0.39 is 16.1 Å². The first-order valence-electron chi connectivity index (χ1n) is 5.69. The first-order chi connectivity index (χ1) is 8.83. The predicted octanol–water partition coefficient (Wildman–Crippen LogP) is 2.12. The van der Waals surface area contributed by atoms with Crippen LogP contribution in [-0.4, -0.2) is 26.1 Å². The molecule has 0 saturated heterocycles. The minimum absolute atomic E-state index is 0.0825. The molecule has 0 aliphatic heterocycles. The van der Waals surface area contributed by atoms with Gasteiger partial charge in [-0.3, -0.25) is 4.18 Å². The molecule has 1 aromatic carbocycles. The highest BCUT2D eigenvalue weighted by Gasteiger charge is 2.14. The lowest BCUT2D eigenvalue weighted by Crippen LogP contribution is -2.07. The van der Waals surface area contributed by atoms with Crippen LogP contribution in [0.5, 0.6) is 0 Å². The summed E-state index contributed by atoms with van der Waals surface area (Å²) in [5.41, 5.74) is 1.12. The van der Waals surface area contributed by atoms with Gasteiger partial charge < -0.3 is 5.11 Å². The maximum atomic E-state index is 11.8. The maximum Gasteiger partial charge on any atom is 0.330 e. The topological polar surface area (TPSA) is 80.7 Å². The number of carboxylic acid groups (broad SMARTS) is 1. The number of rotatable bonds is 6. The number of hydrogen-bond acceptors (Lipinski definition) is 4. The van der Waals surface area contributed by atoms with Crippen LogP contribution >= 0.6 is 0 Å². The molecule has 5 nitrogen and oxygen atoms in total. The fraction of sp³-hybridized carbons (Fsp3) is 0.308. The number of aryl methyl sites for hydroxylation is 1. The van der Waals surface area contributed by atoms with Gasteiger partial charge in [0, 0.05) is 5.57 Å². The lowest BCUT2D eigenvalue weighted by atomic mass is 10.2. The van der Waals surface area contributed by atoms with E-state index in [1.165, 1.54) is 25.1 Å². The molecular formula is C13H16O5S. The zero-order valence-corrected chi connectivity index (χ0v) is 11.6. The fourth-order valence-corrected chi connectivity index (χ4v) is 2.21. The summed E-state index contributed by atoms with van der Waals surface area (Å²) in [6.07, 6.45) is 1.65. The second kappa shape index (κ2) is 6.49. The lowest BCUT2D eigenvalue weighted by molar-refractivity contribution is -0.132. The SMILES string of the molecule is C/C(=C\CCOS(=O)(=O)c1ccc(C)cc1)C(=O)O. The number of benzene rings is 1. The monoisotopic (exact) mass is 284 g/mol. The Labute approximate surface area is 112 Å². The number of carbonyl (C=O) groups is 1. The van der Waals surface area contributed by atoms with Gasteiger partial charge in [-0.05, 0) is 32.4 Å². The Bertz CT molecular complexity index is 570. The van der Waals surface area contributed by atoms with Crippen LogP contribution in [0.25, 0.3) is 0 Å². The Kier molecular flexibility index (Phi) is 5.26. The second-order valence-corrected chi connectivity index (χ2v) is 5.69. The molecule has 6 heteroatoms. The Morgan fingerprint density at radius 2 is 1.89 bits per heavy atom. The first kappa shape index (κ1) is 15.4. The molecule has 1 rings (SSSR count). The highest BCUT2D eigenvalue weighted by atomic mass is 32.2. The van der Waals surface area contributed by atoms with Gasteiger partial charge in [0.2, 0.25) is 0 Å². The van der Waals surface area contributed by atoms with Crippen LogP contribution in [0.3, 0.4) is 0 Å². The normalized spacial score (nSPS) is 12.4. The van der Waals surface area contributed by atoms with Gasteiger partial charge in [0.25, 0.3) is 10.1 Å². The van der Waals surface area contributed by atoms with Crippen molar-refractivity contribution in [2.75, 3.05) is 6.61 Å². The van der Waals surface area contributed by atoms with Crippen molar-refractivity contribution < 1.29 is 22.5 Å². The minimum atomic E-state index is -3.77. The van der Waals surface area contributed by atoms with Crippen molar-refractivity contribution >= 4 is 16.1 Å². The summed E-state index contributed by atoms with van der Waals surface area (Å²) in [6, 6.07) is 6.32. The van der Waals surface area contributed by atoms with Crippen molar-refractivity contribution in [1.29, 1.82) is 0 Å². The largest absolute Gasteiger partial charge is 0.478 e. The van der Waals surface area contributed by atoms with Crippen molar-refractivity contribution in [3.05, 3.63) is 41.5 Å². The molecule has 0 fully saturated rings. The number of aliphatic carboxylic acids is 1. The van der Waals surface area contributed by atoms with E-state index in [0.717, 1.165) is 5.56 Å². The van der Waals surface area contributed by atoms with E-state index in [2.05, 4.69) is 0 Å². The van der Waals surface area contributed by atoms with Crippen molar-refractivity contribution in [3.63, 3.8) is 0 Å². The van der Waals surface area contributed by atoms with Gasteiger partial charge in [-0.15, -0.1) is 0 Å². The molecule has 0 radical (unpaired) electrons. The van der Waals surface area contributed by atoms with Crippen LogP contribution in [0.1, 0.15) is 18.9 Å². The van der Waals surface area contributed by atoms with Crippen molar-refractivity contribution in [2.24, 2.45) is 0 Å². The zero-order chi connectivity index (χ0) is 14.5. The minimum Gasteiger partial charge on any atom is -0.478 e. The van der Waals surface area contributed by atoms with Gasteiger partial charge in [0.15, 0.2) is 0 Å². The lowest BCUT2D eigenvalue weighted by Gasteiger charge is -2.04.